The summed E-state index contributed by atoms with van der Waals surface area (Å²) in [6.07, 6.45) is 3.86. The van der Waals surface area contributed by atoms with Crippen molar-refractivity contribution in [2.45, 2.75) is 19.6 Å². The van der Waals surface area contributed by atoms with E-state index >= 15 is 0 Å². The number of nitrogens with one attached hydrogen (secondary N) is 1. The minimum atomic E-state index is 0.0402. The van der Waals surface area contributed by atoms with Crippen molar-refractivity contribution in [1.29, 1.82) is 5.41 Å². The van der Waals surface area contributed by atoms with Gasteiger partial charge in [-0.15, -0.1) is 0 Å². The highest BCUT2D eigenvalue weighted by Crippen LogP contribution is 2.21. The second-order valence-electron chi connectivity index (χ2n) is 4.97. The highest BCUT2D eigenvalue weighted by atomic mass is 35.5. The number of nitrogens with two attached hydrogens (primary N) is 1. The average molecular weight is 290 g/mol. The van der Waals surface area contributed by atoms with Crippen molar-refractivity contribution in [3.05, 3.63) is 52.6 Å². The van der Waals surface area contributed by atoms with E-state index in [4.69, 9.17) is 22.7 Å². The molecule has 20 heavy (non-hydrogen) atoms. The third-order valence-corrected chi connectivity index (χ3v) is 3.93. The molecule has 1 aliphatic heterocycles. The molecule has 1 aromatic heterocycles. The lowest BCUT2D eigenvalue weighted by molar-refractivity contribution is 0.209. The molecular weight excluding hydrogens is 274 g/mol. The van der Waals surface area contributed by atoms with Crippen LogP contribution in [-0.4, -0.2) is 26.8 Å². The zero-order valence-electron chi connectivity index (χ0n) is 11.0. The number of fused-ring (bicyclic) bond motifs is 1. The highest BCUT2D eigenvalue weighted by molar-refractivity contribution is 6.31. The number of aromatic nitrogens is 2. The van der Waals surface area contributed by atoms with E-state index in [9.17, 15) is 0 Å². The summed E-state index contributed by atoms with van der Waals surface area (Å²) >= 11 is 6.27. The summed E-state index contributed by atoms with van der Waals surface area (Å²) in [6, 6.07) is 5.54. The van der Waals surface area contributed by atoms with Crippen LogP contribution in [0.4, 0.5) is 0 Å². The van der Waals surface area contributed by atoms with Gasteiger partial charge < -0.3 is 10.3 Å². The van der Waals surface area contributed by atoms with Gasteiger partial charge in [-0.2, -0.15) is 0 Å². The van der Waals surface area contributed by atoms with Crippen LogP contribution in [0.1, 0.15) is 17.0 Å². The van der Waals surface area contributed by atoms with Crippen LogP contribution in [0.3, 0.4) is 0 Å². The molecular formula is C14H16ClN5. The monoisotopic (exact) mass is 289 g/mol. The number of nitrogens with zero attached hydrogens (tertiary/aromatic N) is 3. The van der Waals surface area contributed by atoms with Crippen LogP contribution in [0.5, 0.6) is 0 Å². The Bertz CT molecular complexity index is 649. The van der Waals surface area contributed by atoms with Crippen molar-refractivity contribution < 1.29 is 0 Å². The van der Waals surface area contributed by atoms with Gasteiger partial charge in [0, 0.05) is 42.6 Å². The predicted molar refractivity (Wildman–Crippen MR) is 78.8 cm³/mol. The molecule has 0 fully saturated rings. The molecule has 3 rings (SSSR count). The molecule has 2 heterocycles. The normalized spacial score (nSPS) is 15.1. The Morgan fingerprint density at radius 3 is 3.00 bits per heavy atom. The molecule has 1 aliphatic rings. The van der Waals surface area contributed by atoms with Gasteiger partial charge in [-0.05, 0) is 11.6 Å². The smallest absolute Gasteiger partial charge is 0.122 e. The largest absolute Gasteiger partial charge is 0.384 e. The van der Waals surface area contributed by atoms with E-state index in [1.165, 1.54) is 0 Å². The first-order valence-corrected chi connectivity index (χ1v) is 6.86. The van der Waals surface area contributed by atoms with Crippen molar-refractivity contribution in [3.8, 4) is 0 Å². The quantitative estimate of drug-likeness (QED) is 0.669. The number of imidazole rings is 1. The van der Waals surface area contributed by atoms with Crippen molar-refractivity contribution in [1.82, 2.24) is 14.5 Å². The van der Waals surface area contributed by atoms with Crippen LogP contribution in [0.15, 0.2) is 30.6 Å². The predicted octanol–water partition coefficient (Wildman–Crippen LogP) is 1.84. The number of benzene rings is 1. The summed E-state index contributed by atoms with van der Waals surface area (Å²) in [7, 11) is 0. The second-order valence-corrected chi connectivity index (χ2v) is 5.37. The number of hydrogen-bond donors (Lipinski definition) is 2. The van der Waals surface area contributed by atoms with Gasteiger partial charge in [0.25, 0.3) is 0 Å². The summed E-state index contributed by atoms with van der Waals surface area (Å²) in [5.41, 5.74) is 7.17. The Hall–Kier alpha value is -1.85. The number of nitrogen functional groups attached to an aromatic ring is 1. The molecule has 0 amide bonds. The van der Waals surface area contributed by atoms with E-state index in [0.717, 1.165) is 37.6 Å². The van der Waals surface area contributed by atoms with Crippen LogP contribution in [-0.2, 0) is 19.6 Å². The molecule has 104 valence electrons. The Morgan fingerprint density at radius 1 is 1.40 bits per heavy atom. The Kier molecular flexibility index (Phi) is 3.46. The van der Waals surface area contributed by atoms with Crippen molar-refractivity contribution in [2.75, 3.05) is 6.54 Å². The third kappa shape index (κ3) is 2.55. The van der Waals surface area contributed by atoms with Crippen LogP contribution in [0.25, 0.3) is 0 Å². The Labute approximate surface area is 122 Å². The number of hydrogen-bond acceptors (Lipinski definition) is 3. The molecule has 3 N–H and O–H groups in total. The molecule has 0 saturated carbocycles. The van der Waals surface area contributed by atoms with Gasteiger partial charge in [0.1, 0.15) is 11.7 Å². The fraction of sp³-hybridized carbons (Fsp3) is 0.286. The van der Waals surface area contributed by atoms with Gasteiger partial charge >= 0.3 is 0 Å². The number of amidine groups is 1. The zero-order valence-corrected chi connectivity index (χ0v) is 11.8. The molecule has 0 radical (unpaired) electrons. The Balaban J connectivity index is 1.74. The molecule has 0 aliphatic carbocycles. The molecule has 2 aromatic rings. The minimum absolute atomic E-state index is 0.0402. The zero-order chi connectivity index (χ0) is 14.1. The van der Waals surface area contributed by atoms with Crippen LogP contribution >= 0.6 is 11.6 Å². The first-order valence-electron chi connectivity index (χ1n) is 6.48. The minimum Gasteiger partial charge on any atom is -0.384 e. The molecule has 6 heteroatoms. The molecule has 1 aromatic carbocycles. The van der Waals surface area contributed by atoms with Gasteiger partial charge in [0.2, 0.25) is 0 Å². The molecule has 0 unspecified atom stereocenters. The molecule has 5 nitrogen and oxygen atoms in total. The van der Waals surface area contributed by atoms with Gasteiger partial charge in [-0.3, -0.25) is 10.3 Å². The van der Waals surface area contributed by atoms with E-state index in [1.807, 2.05) is 24.5 Å². The standard InChI is InChI=1S/C14H16ClN5/c15-12-7-10(14(16)17)1-2-11(12)8-19-5-6-20-4-3-18-13(20)9-19/h1-4,7H,5-6,8-9H2,(H3,16,17). The fourth-order valence-electron chi connectivity index (χ4n) is 2.44. The van der Waals surface area contributed by atoms with Crippen molar-refractivity contribution in [2.24, 2.45) is 5.73 Å². The summed E-state index contributed by atoms with van der Waals surface area (Å²) in [4.78, 5) is 6.67. The summed E-state index contributed by atoms with van der Waals surface area (Å²) in [6.45, 7) is 3.55. The van der Waals surface area contributed by atoms with E-state index in [1.54, 1.807) is 6.07 Å². The maximum atomic E-state index is 7.42. The maximum Gasteiger partial charge on any atom is 0.122 e. The lowest BCUT2D eigenvalue weighted by Crippen LogP contribution is -2.33. The topological polar surface area (TPSA) is 70.9 Å². The highest BCUT2D eigenvalue weighted by Gasteiger charge is 2.17. The van der Waals surface area contributed by atoms with E-state index in [-0.39, 0.29) is 5.84 Å². The maximum absolute atomic E-state index is 7.42. The van der Waals surface area contributed by atoms with E-state index < -0.39 is 0 Å². The van der Waals surface area contributed by atoms with Gasteiger partial charge in [0.15, 0.2) is 0 Å². The van der Waals surface area contributed by atoms with E-state index in [2.05, 4.69) is 14.5 Å². The molecule has 0 spiro atoms. The fourth-order valence-corrected chi connectivity index (χ4v) is 2.68. The van der Waals surface area contributed by atoms with Gasteiger partial charge in [0.05, 0.1) is 6.54 Å². The number of rotatable bonds is 3. The third-order valence-electron chi connectivity index (χ3n) is 3.58. The molecule has 0 atom stereocenters. The van der Waals surface area contributed by atoms with E-state index in [0.29, 0.717) is 10.6 Å². The van der Waals surface area contributed by atoms with Gasteiger partial charge in [-0.25, -0.2) is 4.98 Å². The summed E-state index contributed by atoms with van der Waals surface area (Å²) in [5, 5.41) is 8.08. The first-order chi connectivity index (χ1) is 9.63. The summed E-state index contributed by atoms with van der Waals surface area (Å²) in [5.74, 6) is 1.13. The summed E-state index contributed by atoms with van der Waals surface area (Å²) < 4.78 is 2.18. The number of halogens is 1. The molecule has 0 bridgehead atoms. The Morgan fingerprint density at radius 2 is 2.25 bits per heavy atom. The van der Waals surface area contributed by atoms with Crippen LogP contribution in [0.2, 0.25) is 5.02 Å². The van der Waals surface area contributed by atoms with Crippen LogP contribution in [0, 0.1) is 5.41 Å². The van der Waals surface area contributed by atoms with Crippen molar-refractivity contribution in [3.63, 3.8) is 0 Å². The van der Waals surface area contributed by atoms with Crippen molar-refractivity contribution >= 4 is 17.4 Å². The average Bonchev–Trinajstić information content (AvgIpc) is 2.88. The van der Waals surface area contributed by atoms with Gasteiger partial charge in [-0.1, -0.05) is 23.7 Å². The second kappa shape index (κ2) is 5.26. The van der Waals surface area contributed by atoms with Crippen LogP contribution < -0.4 is 5.73 Å². The lowest BCUT2D eigenvalue weighted by atomic mass is 10.1. The lowest BCUT2D eigenvalue weighted by Gasteiger charge is -2.27. The first kappa shape index (κ1) is 13.1. The molecule has 0 saturated heterocycles. The SMILES string of the molecule is N=C(N)c1ccc(CN2CCn3ccnc3C2)c(Cl)c1.